The number of nitrogens with zero attached hydrogens (tertiary/aromatic N) is 1. The number of nitroso groups, excluding NO2 is 1. The van der Waals surface area contributed by atoms with Gasteiger partial charge in [0.15, 0.2) is 0 Å². The van der Waals surface area contributed by atoms with E-state index in [0.717, 1.165) is 6.08 Å². The van der Waals surface area contributed by atoms with Crippen molar-refractivity contribution in [2.75, 3.05) is 13.2 Å². The summed E-state index contributed by atoms with van der Waals surface area (Å²) in [5, 5.41) is 2.90. The van der Waals surface area contributed by atoms with Crippen molar-refractivity contribution in [3.63, 3.8) is 0 Å². The van der Waals surface area contributed by atoms with Crippen LogP contribution in [0, 0.1) is 10.8 Å². The average molecular weight is 277 g/mol. The van der Waals surface area contributed by atoms with E-state index >= 15 is 0 Å². The zero-order chi connectivity index (χ0) is 15.0. The van der Waals surface area contributed by atoms with E-state index in [0.29, 0.717) is 5.75 Å². The van der Waals surface area contributed by atoms with Crippen LogP contribution >= 0.6 is 0 Å². The van der Waals surface area contributed by atoms with Gasteiger partial charge in [0, 0.05) is 6.08 Å². The van der Waals surface area contributed by atoms with Crippen molar-refractivity contribution in [2.45, 2.75) is 19.4 Å². The van der Waals surface area contributed by atoms with E-state index in [2.05, 4.69) is 11.8 Å². The number of benzene rings is 1. The molecule has 1 aromatic rings. The first-order valence-corrected chi connectivity index (χ1v) is 6.32. The molecule has 0 spiro atoms. The Labute approximate surface area is 118 Å². The smallest absolute Gasteiger partial charge is 0.330 e. The quantitative estimate of drug-likeness (QED) is 0.416. The van der Waals surface area contributed by atoms with Crippen molar-refractivity contribution in [3.05, 3.63) is 47.9 Å². The van der Waals surface area contributed by atoms with Gasteiger partial charge in [0.05, 0.1) is 19.1 Å². The summed E-state index contributed by atoms with van der Waals surface area (Å²) in [6.07, 6.45) is 1.09. The van der Waals surface area contributed by atoms with Crippen LogP contribution in [0.5, 0.6) is 5.75 Å². The van der Waals surface area contributed by atoms with Gasteiger partial charge in [-0.25, -0.2) is 4.79 Å². The zero-order valence-corrected chi connectivity index (χ0v) is 11.7. The van der Waals surface area contributed by atoms with Crippen molar-refractivity contribution < 1.29 is 14.3 Å². The lowest BCUT2D eigenvalue weighted by molar-refractivity contribution is -0.156. The molecule has 0 saturated heterocycles. The topological polar surface area (TPSA) is 65.0 Å². The van der Waals surface area contributed by atoms with Crippen molar-refractivity contribution in [1.29, 1.82) is 0 Å². The molecular formula is C15H19NO4. The maximum atomic E-state index is 11.3. The molecule has 0 aliphatic rings. The minimum Gasteiger partial charge on any atom is -0.493 e. The Morgan fingerprint density at radius 2 is 2.05 bits per heavy atom. The Morgan fingerprint density at radius 1 is 1.40 bits per heavy atom. The molecule has 1 atom stereocenters. The highest BCUT2D eigenvalue weighted by atomic mass is 16.6. The van der Waals surface area contributed by atoms with Gasteiger partial charge in [-0.05, 0) is 26.0 Å². The molecule has 0 fully saturated rings. The molecule has 108 valence electrons. The van der Waals surface area contributed by atoms with Gasteiger partial charge in [-0.1, -0.05) is 30.0 Å². The standard InChI is InChI=1S/C15H19NO4/c1-4-14(17)20-15(2,3)12(10-16-18)11-19-13-8-6-5-7-9-13/h4-9,12H,1,10-11H2,2-3H3. The number of carbonyl (C=O) groups is 1. The third-order valence-corrected chi connectivity index (χ3v) is 3.00. The highest BCUT2D eigenvalue weighted by Crippen LogP contribution is 2.24. The molecule has 0 radical (unpaired) electrons. The first-order chi connectivity index (χ1) is 9.49. The lowest BCUT2D eigenvalue weighted by Gasteiger charge is -2.32. The lowest BCUT2D eigenvalue weighted by atomic mass is 9.91. The second-order valence-corrected chi connectivity index (χ2v) is 4.86. The van der Waals surface area contributed by atoms with Crippen molar-refractivity contribution in [1.82, 2.24) is 0 Å². The predicted octanol–water partition coefficient (Wildman–Crippen LogP) is 2.96. The molecule has 0 aliphatic carbocycles. The monoisotopic (exact) mass is 277 g/mol. The molecule has 0 N–H and O–H groups in total. The van der Waals surface area contributed by atoms with E-state index < -0.39 is 11.6 Å². The Morgan fingerprint density at radius 3 is 2.60 bits per heavy atom. The minimum absolute atomic E-state index is 0.00422. The maximum Gasteiger partial charge on any atom is 0.330 e. The van der Waals surface area contributed by atoms with Gasteiger partial charge < -0.3 is 9.47 Å². The normalized spacial score (nSPS) is 12.3. The highest BCUT2D eigenvalue weighted by Gasteiger charge is 2.34. The Kier molecular flexibility index (Phi) is 5.90. The molecule has 0 aromatic heterocycles. The maximum absolute atomic E-state index is 11.3. The first-order valence-electron chi connectivity index (χ1n) is 6.32. The molecule has 0 heterocycles. The lowest BCUT2D eigenvalue weighted by Crippen LogP contribution is -2.41. The highest BCUT2D eigenvalue weighted by molar-refractivity contribution is 5.81. The predicted molar refractivity (Wildman–Crippen MR) is 76.5 cm³/mol. The fourth-order valence-corrected chi connectivity index (χ4v) is 1.66. The van der Waals surface area contributed by atoms with Crippen LogP contribution in [-0.4, -0.2) is 24.7 Å². The van der Waals surface area contributed by atoms with E-state index in [-0.39, 0.29) is 19.1 Å². The molecule has 20 heavy (non-hydrogen) atoms. The number of hydrogen-bond acceptors (Lipinski definition) is 5. The fraction of sp³-hybridized carbons (Fsp3) is 0.400. The number of rotatable bonds is 8. The molecule has 1 rings (SSSR count). The SMILES string of the molecule is C=CC(=O)OC(C)(C)C(CN=O)COc1ccccc1. The van der Waals surface area contributed by atoms with Crippen LogP contribution in [0.15, 0.2) is 48.2 Å². The van der Waals surface area contributed by atoms with Crippen molar-refractivity contribution in [3.8, 4) is 5.75 Å². The molecule has 0 saturated carbocycles. The Balaban J connectivity index is 2.69. The number of carbonyl (C=O) groups excluding carboxylic acids is 1. The third-order valence-electron chi connectivity index (χ3n) is 3.00. The Bertz CT molecular complexity index is 456. The van der Waals surface area contributed by atoms with Gasteiger partial charge in [-0.2, -0.15) is 4.91 Å². The van der Waals surface area contributed by atoms with E-state index in [4.69, 9.17) is 9.47 Å². The molecule has 0 aliphatic heterocycles. The molecule has 1 unspecified atom stereocenters. The van der Waals surface area contributed by atoms with Crippen LogP contribution in [0.2, 0.25) is 0 Å². The van der Waals surface area contributed by atoms with Gasteiger partial charge in [-0.3, -0.25) is 0 Å². The second kappa shape index (κ2) is 7.43. The van der Waals surface area contributed by atoms with E-state index in [9.17, 15) is 9.70 Å². The van der Waals surface area contributed by atoms with Crippen LogP contribution in [0.25, 0.3) is 0 Å². The average Bonchev–Trinajstić information content (AvgIpc) is 2.43. The van der Waals surface area contributed by atoms with Gasteiger partial charge >= 0.3 is 5.97 Å². The Hall–Kier alpha value is -2.17. The summed E-state index contributed by atoms with van der Waals surface area (Å²) < 4.78 is 10.9. The zero-order valence-electron chi connectivity index (χ0n) is 11.7. The first kappa shape index (κ1) is 15.9. The third kappa shape index (κ3) is 4.84. The van der Waals surface area contributed by atoms with E-state index in [1.807, 2.05) is 30.3 Å². The van der Waals surface area contributed by atoms with Crippen LogP contribution in [-0.2, 0) is 9.53 Å². The largest absolute Gasteiger partial charge is 0.493 e. The number of hydrogen-bond donors (Lipinski definition) is 0. The van der Waals surface area contributed by atoms with Gasteiger partial charge in [0.1, 0.15) is 11.4 Å². The summed E-state index contributed by atoms with van der Waals surface area (Å²) in [7, 11) is 0. The van der Waals surface area contributed by atoms with E-state index in [1.165, 1.54) is 0 Å². The van der Waals surface area contributed by atoms with Gasteiger partial charge in [0.2, 0.25) is 0 Å². The van der Waals surface area contributed by atoms with Crippen LogP contribution in [0.4, 0.5) is 0 Å². The summed E-state index contributed by atoms with van der Waals surface area (Å²) in [5.41, 5.74) is -0.867. The summed E-state index contributed by atoms with van der Waals surface area (Å²) in [4.78, 5) is 21.9. The van der Waals surface area contributed by atoms with Crippen LogP contribution in [0.3, 0.4) is 0 Å². The molecule has 5 heteroatoms. The molecule has 5 nitrogen and oxygen atoms in total. The molecule has 0 amide bonds. The summed E-state index contributed by atoms with van der Waals surface area (Å²) in [6.45, 7) is 7.03. The second-order valence-electron chi connectivity index (χ2n) is 4.86. The minimum atomic E-state index is -0.867. The fourth-order valence-electron chi connectivity index (χ4n) is 1.66. The molecule has 0 bridgehead atoms. The van der Waals surface area contributed by atoms with Gasteiger partial charge in [-0.15, -0.1) is 0 Å². The van der Waals surface area contributed by atoms with Crippen molar-refractivity contribution >= 4 is 5.97 Å². The van der Waals surface area contributed by atoms with E-state index in [1.54, 1.807) is 13.8 Å². The number of ether oxygens (including phenoxy) is 2. The summed E-state index contributed by atoms with van der Waals surface area (Å²) in [6, 6.07) is 9.21. The number of para-hydroxylation sites is 1. The summed E-state index contributed by atoms with van der Waals surface area (Å²) in [5.74, 6) is -0.191. The number of esters is 1. The van der Waals surface area contributed by atoms with Crippen LogP contribution in [0.1, 0.15) is 13.8 Å². The van der Waals surface area contributed by atoms with Crippen LogP contribution < -0.4 is 4.74 Å². The molecule has 1 aromatic carbocycles. The summed E-state index contributed by atoms with van der Waals surface area (Å²) >= 11 is 0. The van der Waals surface area contributed by atoms with Crippen molar-refractivity contribution in [2.24, 2.45) is 11.1 Å². The molecular weight excluding hydrogens is 258 g/mol. The van der Waals surface area contributed by atoms with Gasteiger partial charge in [0.25, 0.3) is 0 Å².